The first-order valence-electron chi connectivity index (χ1n) is 12.7. The van der Waals surface area contributed by atoms with Crippen molar-refractivity contribution in [3.8, 4) is 5.88 Å². The molecule has 198 valence electrons. The summed E-state index contributed by atoms with van der Waals surface area (Å²) in [5.41, 5.74) is 3.40. The van der Waals surface area contributed by atoms with E-state index in [-0.39, 0.29) is 6.10 Å². The molecule has 0 aromatic carbocycles. The maximum Gasteiger partial charge on any atom is 0.229 e. The van der Waals surface area contributed by atoms with Gasteiger partial charge >= 0.3 is 0 Å². The summed E-state index contributed by atoms with van der Waals surface area (Å²) in [5.74, 6) is 2.22. The van der Waals surface area contributed by atoms with Crippen molar-refractivity contribution >= 4 is 38.2 Å². The third-order valence-electron chi connectivity index (χ3n) is 6.78. The minimum absolute atomic E-state index is 0.00675. The highest BCUT2D eigenvalue weighted by Gasteiger charge is 2.25. The lowest BCUT2D eigenvalue weighted by Gasteiger charge is -2.31. The Kier molecular flexibility index (Phi) is 7.34. The summed E-state index contributed by atoms with van der Waals surface area (Å²) in [6.07, 6.45) is 8.21. The molecule has 5 rings (SSSR count). The molecule has 0 radical (unpaired) electrons. The lowest BCUT2D eigenvalue weighted by atomic mass is 9.93. The minimum atomic E-state index is -3.43. The number of nitrogens with zero attached hydrogens (tertiary/aromatic N) is 4. The Morgan fingerprint density at radius 1 is 1.03 bits per heavy atom. The Morgan fingerprint density at radius 3 is 2.49 bits per heavy atom. The van der Waals surface area contributed by atoms with Crippen molar-refractivity contribution < 1.29 is 17.9 Å². The first-order chi connectivity index (χ1) is 17.7. The van der Waals surface area contributed by atoms with Crippen LogP contribution in [0.4, 0.5) is 17.3 Å². The average molecular weight is 527 g/mol. The van der Waals surface area contributed by atoms with E-state index in [0.29, 0.717) is 41.7 Å². The lowest BCUT2D eigenvalue weighted by molar-refractivity contribution is 0.122. The number of ether oxygens (including phenoxy) is 2. The molecule has 0 unspecified atom stereocenters. The van der Waals surface area contributed by atoms with Crippen LogP contribution in [0.5, 0.6) is 5.88 Å². The Hall–Kier alpha value is -3.18. The van der Waals surface area contributed by atoms with Crippen LogP contribution in [0, 0.1) is 13.8 Å². The van der Waals surface area contributed by atoms with Gasteiger partial charge in [-0.25, -0.2) is 13.4 Å². The number of aryl methyl sites for hydroxylation is 2. The highest BCUT2D eigenvalue weighted by atomic mass is 32.2. The zero-order valence-corrected chi connectivity index (χ0v) is 22.3. The van der Waals surface area contributed by atoms with Gasteiger partial charge in [0, 0.05) is 31.4 Å². The molecule has 1 aliphatic heterocycles. The molecule has 37 heavy (non-hydrogen) atoms. The smallest absolute Gasteiger partial charge is 0.229 e. The third kappa shape index (κ3) is 6.40. The van der Waals surface area contributed by atoms with Crippen molar-refractivity contribution in [2.24, 2.45) is 0 Å². The van der Waals surface area contributed by atoms with Crippen LogP contribution in [-0.4, -0.2) is 68.1 Å². The van der Waals surface area contributed by atoms with Crippen molar-refractivity contribution in [2.75, 3.05) is 47.5 Å². The number of morpholine rings is 1. The Labute approximate surface area is 217 Å². The van der Waals surface area contributed by atoms with Gasteiger partial charge in [0.1, 0.15) is 17.7 Å². The van der Waals surface area contributed by atoms with Gasteiger partial charge in [-0.15, -0.1) is 0 Å². The molecule has 1 saturated carbocycles. The monoisotopic (exact) mass is 526 g/mol. The van der Waals surface area contributed by atoms with Crippen molar-refractivity contribution in [1.82, 2.24) is 15.0 Å². The number of fused-ring (bicyclic) bond motifs is 1. The zero-order chi connectivity index (χ0) is 26.0. The zero-order valence-electron chi connectivity index (χ0n) is 21.5. The van der Waals surface area contributed by atoms with Crippen LogP contribution in [0.1, 0.15) is 36.8 Å². The van der Waals surface area contributed by atoms with Gasteiger partial charge in [-0.2, -0.15) is 4.98 Å². The Morgan fingerprint density at radius 2 is 1.78 bits per heavy atom. The topological polar surface area (TPSA) is 119 Å². The fraction of sp³-hybridized carbons (Fsp3) is 0.500. The normalized spacial score (nSPS) is 20.6. The predicted octanol–water partition coefficient (Wildman–Crippen LogP) is 3.65. The quantitative estimate of drug-likeness (QED) is 0.475. The highest BCUT2D eigenvalue weighted by molar-refractivity contribution is 7.92. The van der Waals surface area contributed by atoms with Gasteiger partial charge in [0.15, 0.2) is 0 Å². The fourth-order valence-corrected chi connectivity index (χ4v) is 5.48. The van der Waals surface area contributed by atoms with E-state index in [2.05, 4.69) is 37.9 Å². The van der Waals surface area contributed by atoms with Crippen LogP contribution < -0.4 is 19.7 Å². The molecule has 2 aliphatic rings. The average Bonchev–Trinajstić information content (AvgIpc) is 2.86. The van der Waals surface area contributed by atoms with E-state index in [0.717, 1.165) is 67.8 Å². The summed E-state index contributed by atoms with van der Waals surface area (Å²) in [5, 5.41) is 4.28. The largest absolute Gasteiger partial charge is 0.474 e. The first kappa shape index (κ1) is 25.5. The van der Waals surface area contributed by atoms with E-state index in [1.165, 1.54) is 6.20 Å². The molecule has 3 aromatic heterocycles. The van der Waals surface area contributed by atoms with Gasteiger partial charge in [0.25, 0.3) is 0 Å². The van der Waals surface area contributed by atoms with Crippen molar-refractivity contribution in [3.63, 3.8) is 0 Å². The summed E-state index contributed by atoms with van der Waals surface area (Å²) in [4.78, 5) is 16.1. The van der Waals surface area contributed by atoms with E-state index < -0.39 is 10.0 Å². The van der Waals surface area contributed by atoms with Gasteiger partial charge < -0.3 is 19.7 Å². The molecule has 2 N–H and O–H groups in total. The number of aromatic nitrogens is 3. The maximum absolute atomic E-state index is 11.8. The number of rotatable bonds is 7. The van der Waals surface area contributed by atoms with Gasteiger partial charge in [-0.1, -0.05) is 6.07 Å². The predicted molar refractivity (Wildman–Crippen MR) is 145 cm³/mol. The molecule has 3 aromatic rings. The van der Waals surface area contributed by atoms with Gasteiger partial charge in [-0.05, 0) is 56.7 Å². The van der Waals surface area contributed by atoms with E-state index in [1.807, 2.05) is 19.2 Å². The van der Waals surface area contributed by atoms with Crippen LogP contribution >= 0.6 is 0 Å². The number of anilines is 3. The molecule has 4 heterocycles. The number of hydrogen-bond acceptors (Lipinski definition) is 9. The van der Waals surface area contributed by atoms with E-state index in [9.17, 15) is 8.42 Å². The summed E-state index contributed by atoms with van der Waals surface area (Å²) >= 11 is 0. The number of hydrogen-bond donors (Lipinski definition) is 2. The summed E-state index contributed by atoms with van der Waals surface area (Å²) in [7, 11) is -3.43. The summed E-state index contributed by atoms with van der Waals surface area (Å²) in [6.45, 7) is 6.91. The molecule has 0 bridgehead atoms. The molecule has 2 fully saturated rings. The maximum atomic E-state index is 11.8. The third-order valence-corrected chi connectivity index (χ3v) is 7.38. The SMILES string of the molecule is Cc1cnc(NC2CCC(Oc3nc(N4CCOCC4)cc4ncc(NS(C)(=O)=O)cc34)CC2)c(C)c1. The van der Waals surface area contributed by atoms with E-state index in [4.69, 9.17) is 14.5 Å². The lowest BCUT2D eigenvalue weighted by Crippen LogP contribution is -2.37. The van der Waals surface area contributed by atoms with Crippen molar-refractivity contribution in [3.05, 3.63) is 41.7 Å². The summed E-state index contributed by atoms with van der Waals surface area (Å²) in [6, 6.07) is 6.15. The number of nitrogens with one attached hydrogen (secondary N) is 2. The minimum Gasteiger partial charge on any atom is -0.474 e. The second kappa shape index (κ2) is 10.7. The summed E-state index contributed by atoms with van der Waals surface area (Å²) < 4.78 is 38.1. The molecule has 10 nitrogen and oxygen atoms in total. The Balaban J connectivity index is 1.35. The molecule has 0 atom stereocenters. The van der Waals surface area contributed by atoms with Gasteiger partial charge in [0.05, 0.1) is 42.3 Å². The standard InChI is InChI=1S/C26H34N6O4S/c1-17-12-18(2)25(28-15-17)29-19-4-6-21(7-5-19)36-26-22-13-20(31-37(3,33)34)16-27-23(22)14-24(30-26)32-8-10-35-11-9-32/h12-16,19,21,31H,4-11H2,1-3H3,(H,28,29). The van der Waals surface area contributed by atoms with Gasteiger partial charge in [0.2, 0.25) is 15.9 Å². The number of sulfonamides is 1. The second-order valence-electron chi connectivity index (χ2n) is 9.96. The molecular formula is C26H34N6O4S. The molecule has 1 aliphatic carbocycles. The molecule has 0 amide bonds. The first-order valence-corrected chi connectivity index (χ1v) is 14.6. The van der Waals surface area contributed by atoms with Crippen molar-refractivity contribution in [2.45, 2.75) is 51.7 Å². The highest BCUT2D eigenvalue weighted by Crippen LogP contribution is 2.33. The van der Waals surface area contributed by atoms with Crippen molar-refractivity contribution in [1.29, 1.82) is 0 Å². The van der Waals surface area contributed by atoms with Crippen LogP contribution in [0.15, 0.2) is 30.6 Å². The second-order valence-corrected chi connectivity index (χ2v) is 11.7. The molecular weight excluding hydrogens is 492 g/mol. The van der Waals surface area contributed by atoms with Crippen LogP contribution in [0.3, 0.4) is 0 Å². The fourth-order valence-electron chi connectivity index (χ4n) is 4.94. The molecule has 0 spiro atoms. The molecule has 1 saturated heterocycles. The number of pyridine rings is 3. The van der Waals surface area contributed by atoms with Gasteiger partial charge in [-0.3, -0.25) is 9.71 Å². The van der Waals surface area contributed by atoms with Crippen LogP contribution in [0.25, 0.3) is 10.9 Å². The van der Waals surface area contributed by atoms with E-state index >= 15 is 0 Å². The van der Waals surface area contributed by atoms with Crippen LogP contribution in [-0.2, 0) is 14.8 Å². The molecule has 11 heteroatoms. The Bertz CT molecular complexity index is 1370. The van der Waals surface area contributed by atoms with Crippen LogP contribution in [0.2, 0.25) is 0 Å². The van der Waals surface area contributed by atoms with E-state index in [1.54, 1.807) is 6.07 Å².